The predicted octanol–water partition coefficient (Wildman–Crippen LogP) is 3.20. The van der Waals surface area contributed by atoms with E-state index in [4.69, 9.17) is 4.74 Å². The van der Waals surface area contributed by atoms with Crippen molar-refractivity contribution in [3.63, 3.8) is 0 Å². The van der Waals surface area contributed by atoms with Gasteiger partial charge in [0.05, 0.1) is 0 Å². The van der Waals surface area contributed by atoms with Crippen molar-refractivity contribution in [3.05, 3.63) is 71.8 Å². The summed E-state index contributed by atoms with van der Waals surface area (Å²) in [5.74, 6) is -0.719. The van der Waals surface area contributed by atoms with Gasteiger partial charge in [0.25, 0.3) is 0 Å². The molecule has 0 spiro atoms. The highest BCUT2D eigenvalue weighted by Crippen LogP contribution is 2.31. The Morgan fingerprint density at radius 2 is 1.75 bits per heavy atom. The molecule has 0 aliphatic carbocycles. The number of phenols is 1. The van der Waals surface area contributed by atoms with Crippen molar-refractivity contribution in [1.82, 2.24) is 0 Å². The second-order valence-corrected chi connectivity index (χ2v) is 4.62. The fourth-order valence-electron chi connectivity index (χ4n) is 2.06. The molecule has 0 bridgehead atoms. The van der Waals surface area contributed by atoms with E-state index in [0.717, 1.165) is 5.56 Å². The minimum atomic E-state index is -1.50. The van der Waals surface area contributed by atoms with Gasteiger partial charge in [0.15, 0.2) is 0 Å². The maximum Gasteiger partial charge on any atom is 0.248 e. The highest BCUT2D eigenvalue weighted by molar-refractivity contribution is 5.63. The monoisotopic (exact) mass is 266 g/mol. The molecule has 1 aliphatic heterocycles. The number of aliphatic hydroxyl groups is 1. The third-order valence-electron chi connectivity index (χ3n) is 3.13. The zero-order valence-electron chi connectivity index (χ0n) is 10.7. The van der Waals surface area contributed by atoms with Crippen LogP contribution in [0.15, 0.2) is 60.7 Å². The van der Waals surface area contributed by atoms with Crippen LogP contribution in [0.4, 0.5) is 0 Å². The van der Waals surface area contributed by atoms with E-state index in [9.17, 15) is 10.2 Å². The van der Waals surface area contributed by atoms with Gasteiger partial charge >= 0.3 is 0 Å². The molecule has 20 heavy (non-hydrogen) atoms. The first-order valence-corrected chi connectivity index (χ1v) is 6.33. The molecule has 0 saturated heterocycles. The van der Waals surface area contributed by atoms with Crippen LogP contribution < -0.4 is 4.74 Å². The van der Waals surface area contributed by atoms with Crippen molar-refractivity contribution < 1.29 is 14.9 Å². The van der Waals surface area contributed by atoms with Crippen molar-refractivity contribution >= 4 is 12.2 Å². The molecule has 3 rings (SSSR count). The van der Waals surface area contributed by atoms with Gasteiger partial charge in [-0.15, -0.1) is 0 Å². The largest absolute Gasteiger partial charge is 0.507 e. The zero-order valence-corrected chi connectivity index (χ0v) is 10.7. The van der Waals surface area contributed by atoms with Crippen molar-refractivity contribution in [2.24, 2.45) is 0 Å². The first-order chi connectivity index (χ1) is 9.66. The van der Waals surface area contributed by atoms with Gasteiger partial charge in [-0.2, -0.15) is 0 Å². The first-order valence-electron chi connectivity index (χ1n) is 6.33. The van der Waals surface area contributed by atoms with Crippen molar-refractivity contribution in [2.45, 2.75) is 5.79 Å². The SMILES string of the molecule is Oc1ccccc1/C=C\C1(O)C=Cc2ccccc2O1. The molecule has 1 aliphatic rings. The van der Waals surface area contributed by atoms with Gasteiger partial charge in [0.1, 0.15) is 11.5 Å². The second-order valence-electron chi connectivity index (χ2n) is 4.62. The van der Waals surface area contributed by atoms with Gasteiger partial charge in [-0.25, -0.2) is 0 Å². The quantitative estimate of drug-likeness (QED) is 0.877. The van der Waals surface area contributed by atoms with E-state index in [0.29, 0.717) is 11.3 Å². The summed E-state index contributed by atoms with van der Waals surface area (Å²) in [7, 11) is 0. The van der Waals surface area contributed by atoms with Crippen LogP contribution in [0.5, 0.6) is 11.5 Å². The number of phenolic OH excluding ortho intramolecular Hbond substituents is 1. The summed E-state index contributed by atoms with van der Waals surface area (Å²) in [6, 6.07) is 14.4. The first kappa shape index (κ1) is 12.5. The Labute approximate surface area is 117 Å². The highest BCUT2D eigenvalue weighted by Gasteiger charge is 2.26. The van der Waals surface area contributed by atoms with Crippen molar-refractivity contribution in [3.8, 4) is 11.5 Å². The van der Waals surface area contributed by atoms with Gasteiger partial charge in [-0.1, -0.05) is 36.4 Å². The molecule has 2 N–H and O–H groups in total. The fourth-order valence-corrected chi connectivity index (χ4v) is 2.06. The summed E-state index contributed by atoms with van der Waals surface area (Å²) >= 11 is 0. The maximum absolute atomic E-state index is 10.4. The highest BCUT2D eigenvalue weighted by atomic mass is 16.6. The number of aromatic hydroxyl groups is 1. The Hall–Kier alpha value is -2.52. The van der Waals surface area contributed by atoms with E-state index in [-0.39, 0.29) is 5.75 Å². The Kier molecular flexibility index (Phi) is 3.05. The lowest BCUT2D eigenvalue weighted by molar-refractivity contribution is -0.0517. The Morgan fingerprint density at radius 1 is 1.00 bits per heavy atom. The van der Waals surface area contributed by atoms with Crippen LogP contribution in [0.3, 0.4) is 0 Å². The van der Waals surface area contributed by atoms with Gasteiger partial charge in [0.2, 0.25) is 5.79 Å². The summed E-state index contributed by atoms with van der Waals surface area (Å²) in [5, 5.41) is 20.1. The molecule has 0 fully saturated rings. The Morgan fingerprint density at radius 3 is 2.60 bits per heavy atom. The van der Waals surface area contributed by atoms with E-state index in [1.807, 2.05) is 30.3 Å². The zero-order chi connectivity index (χ0) is 14.0. The minimum absolute atomic E-state index is 0.160. The summed E-state index contributed by atoms with van der Waals surface area (Å²) in [6.07, 6.45) is 6.53. The number of ether oxygens (including phenoxy) is 1. The lowest BCUT2D eigenvalue weighted by atomic mass is 10.1. The van der Waals surface area contributed by atoms with Crippen LogP contribution >= 0.6 is 0 Å². The van der Waals surface area contributed by atoms with E-state index in [1.54, 1.807) is 36.4 Å². The molecule has 0 radical (unpaired) electrons. The predicted molar refractivity (Wildman–Crippen MR) is 78.2 cm³/mol. The molecule has 3 nitrogen and oxygen atoms in total. The number of hydrogen-bond acceptors (Lipinski definition) is 3. The molecule has 100 valence electrons. The molecule has 1 atom stereocenters. The van der Waals surface area contributed by atoms with Crippen LogP contribution in [0, 0.1) is 0 Å². The summed E-state index contributed by atoms with van der Waals surface area (Å²) in [4.78, 5) is 0. The molecule has 1 unspecified atom stereocenters. The summed E-state index contributed by atoms with van der Waals surface area (Å²) in [5.41, 5.74) is 1.55. The van der Waals surface area contributed by atoms with Crippen LogP contribution in [-0.2, 0) is 0 Å². The van der Waals surface area contributed by atoms with Crippen LogP contribution in [0.2, 0.25) is 0 Å². The third kappa shape index (κ3) is 2.44. The molecule has 2 aromatic rings. The normalized spacial score (nSPS) is 20.6. The molecule has 1 heterocycles. The van der Waals surface area contributed by atoms with Gasteiger partial charge in [0, 0.05) is 11.1 Å². The van der Waals surface area contributed by atoms with Crippen LogP contribution in [0.1, 0.15) is 11.1 Å². The topological polar surface area (TPSA) is 49.7 Å². The van der Waals surface area contributed by atoms with E-state index in [1.165, 1.54) is 6.08 Å². The number of para-hydroxylation sites is 2. The molecule has 0 saturated carbocycles. The number of fused-ring (bicyclic) bond motifs is 1. The maximum atomic E-state index is 10.4. The number of hydrogen-bond donors (Lipinski definition) is 2. The average molecular weight is 266 g/mol. The van der Waals surface area contributed by atoms with Crippen LogP contribution in [-0.4, -0.2) is 16.0 Å². The molecule has 3 heteroatoms. The molecule has 2 aromatic carbocycles. The standard InChI is InChI=1S/C17H14O3/c18-15-7-3-1-5-13(15)9-11-17(19)12-10-14-6-2-4-8-16(14)20-17/h1-12,18-19H/b11-9-. The van der Waals surface area contributed by atoms with Gasteiger partial charge in [-0.3, -0.25) is 0 Å². The van der Waals surface area contributed by atoms with Crippen LogP contribution in [0.25, 0.3) is 12.2 Å². The smallest absolute Gasteiger partial charge is 0.248 e. The summed E-state index contributed by atoms with van der Waals surface area (Å²) < 4.78 is 5.58. The fraction of sp³-hybridized carbons (Fsp3) is 0.0588. The molecular weight excluding hydrogens is 252 g/mol. The molecule has 0 amide bonds. The van der Waals surface area contributed by atoms with E-state index < -0.39 is 5.79 Å². The minimum Gasteiger partial charge on any atom is -0.507 e. The number of rotatable bonds is 2. The van der Waals surface area contributed by atoms with Gasteiger partial charge in [-0.05, 0) is 36.4 Å². The second kappa shape index (κ2) is 4.87. The Bertz CT molecular complexity index is 688. The van der Waals surface area contributed by atoms with Gasteiger partial charge < -0.3 is 14.9 Å². The van der Waals surface area contributed by atoms with E-state index in [2.05, 4.69) is 0 Å². The lowest BCUT2D eigenvalue weighted by Crippen LogP contribution is -2.32. The summed E-state index contributed by atoms with van der Waals surface area (Å²) in [6.45, 7) is 0. The Balaban J connectivity index is 1.87. The lowest BCUT2D eigenvalue weighted by Gasteiger charge is -2.27. The molecular formula is C17H14O3. The number of benzene rings is 2. The van der Waals surface area contributed by atoms with E-state index >= 15 is 0 Å². The third-order valence-corrected chi connectivity index (χ3v) is 3.13. The molecule has 0 aromatic heterocycles. The van der Waals surface area contributed by atoms with Crippen molar-refractivity contribution in [1.29, 1.82) is 0 Å². The average Bonchev–Trinajstić information content (AvgIpc) is 2.46. The van der Waals surface area contributed by atoms with Crippen molar-refractivity contribution in [2.75, 3.05) is 0 Å².